The molecular formula is C29H35N3O5S. The molecule has 0 aromatic heterocycles. The molecule has 2 unspecified atom stereocenters. The zero-order valence-corrected chi connectivity index (χ0v) is 23.0. The second kappa shape index (κ2) is 10.3. The molecule has 202 valence electrons. The van der Waals surface area contributed by atoms with Gasteiger partial charge in [-0.2, -0.15) is 0 Å². The standard InChI is InChI=1S/C29H35N3O5S/c1-5-37-20-10-8-19(9-11-20)30-26(34)23-22-12-13-29(38-22)24(23)28(36)32(18(4)15-33)25(29)27(35)31-21-14-16(2)6-7-17(21)3/h6-11,14,18,22-25,33H,5,12-13,15H2,1-4H3,(H,30,34)(H,31,35)/t18-,22-,23+,24+,25?,29?/m1/s1. The molecule has 6 atom stereocenters. The number of carbonyl (C=O) groups is 3. The van der Waals surface area contributed by atoms with E-state index >= 15 is 0 Å². The van der Waals surface area contributed by atoms with Crippen LogP contribution >= 0.6 is 11.8 Å². The maximum absolute atomic E-state index is 14.0. The van der Waals surface area contributed by atoms with E-state index in [1.165, 1.54) is 4.90 Å². The van der Waals surface area contributed by atoms with Crippen LogP contribution in [0.1, 0.15) is 37.8 Å². The lowest BCUT2D eigenvalue weighted by atomic mass is 9.70. The molecule has 0 saturated carbocycles. The van der Waals surface area contributed by atoms with E-state index < -0.39 is 28.7 Å². The number of amides is 3. The van der Waals surface area contributed by atoms with Crippen LogP contribution in [0.5, 0.6) is 5.75 Å². The molecule has 3 fully saturated rings. The molecule has 2 aromatic rings. The Morgan fingerprint density at radius 3 is 2.58 bits per heavy atom. The molecule has 5 rings (SSSR count). The van der Waals surface area contributed by atoms with E-state index in [1.54, 1.807) is 43.0 Å². The van der Waals surface area contributed by atoms with Crippen molar-refractivity contribution in [1.29, 1.82) is 0 Å². The van der Waals surface area contributed by atoms with Crippen molar-refractivity contribution < 1.29 is 24.2 Å². The second-order valence-electron chi connectivity index (χ2n) is 10.6. The van der Waals surface area contributed by atoms with Crippen molar-refractivity contribution in [3.63, 3.8) is 0 Å². The Hall–Kier alpha value is -3.04. The Balaban J connectivity index is 1.44. The van der Waals surface area contributed by atoms with Gasteiger partial charge in [0.2, 0.25) is 17.7 Å². The molecule has 3 amide bonds. The summed E-state index contributed by atoms with van der Waals surface area (Å²) >= 11 is 1.61. The fraction of sp³-hybridized carbons (Fsp3) is 0.483. The van der Waals surface area contributed by atoms with E-state index in [9.17, 15) is 19.5 Å². The molecule has 0 aliphatic carbocycles. The number of benzene rings is 2. The highest BCUT2D eigenvalue weighted by molar-refractivity contribution is 8.02. The van der Waals surface area contributed by atoms with Crippen LogP contribution in [-0.4, -0.2) is 63.0 Å². The summed E-state index contributed by atoms with van der Waals surface area (Å²) in [6.07, 6.45) is 1.43. The maximum Gasteiger partial charge on any atom is 0.248 e. The predicted molar refractivity (Wildman–Crippen MR) is 148 cm³/mol. The smallest absolute Gasteiger partial charge is 0.248 e. The van der Waals surface area contributed by atoms with Gasteiger partial charge in [-0.1, -0.05) is 12.1 Å². The third-order valence-electron chi connectivity index (χ3n) is 8.11. The van der Waals surface area contributed by atoms with Gasteiger partial charge in [-0.25, -0.2) is 0 Å². The van der Waals surface area contributed by atoms with Crippen LogP contribution in [0.2, 0.25) is 0 Å². The van der Waals surface area contributed by atoms with Crippen LogP contribution in [-0.2, 0) is 14.4 Å². The van der Waals surface area contributed by atoms with Crippen molar-refractivity contribution in [2.45, 2.75) is 62.6 Å². The summed E-state index contributed by atoms with van der Waals surface area (Å²) < 4.78 is 4.77. The molecule has 8 nitrogen and oxygen atoms in total. The first-order valence-electron chi connectivity index (χ1n) is 13.2. The minimum absolute atomic E-state index is 0.0470. The molecule has 3 aliphatic heterocycles. The highest BCUT2D eigenvalue weighted by Gasteiger charge is 2.74. The molecule has 9 heteroatoms. The van der Waals surface area contributed by atoms with Crippen LogP contribution < -0.4 is 15.4 Å². The SMILES string of the molecule is CCOc1ccc(NC(=O)[C@@H]2[C@H]3C(=O)N([C@H](C)CO)C(C(=O)Nc4cc(C)ccc4C)C34CC[C@H]2S4)cc1. The fourth-order valence-corrected chi connectivity index (χ4v) is 8.56. The van der Waals surface area contributed by atoms with Gasteiger partial charge in [-0.3, -0.25) is 14.4 Å². The van der Waals surface area contributed by atoms with E-state index in [0.717, 1.165) is 23.3 Å². The Bertz CT molecular complexity index is 1250. The molecule has 1 spiro atoms. The van der Waals surface area contributed by atoms with E-state index in [2.05, 4.69) is 10.6 Å². The molecule has 3 aliphatic rings. The van der Waals surface area contributed by atoms with Gasteiger partial charge in [-0.15, -0.1) is 11.8 Å². The maximum atomic E-state index is 14.0. The number of aliphatic hydroxyl groups is 1. The second-order valence-corrected chi connectivity index (χ2v) is 12.2. The number of likely N-dealkylation sites (tertiary alicyclic amines) is 1. The number of hydrogen-bond donors (Lipinski definition) is 3. The quantitative estimate of drug-likeness (QED) is 0.473. The molecular weight excluding hydrogens is 502 g/mol. The van der Waals surface area contributed by atoms with Gasteiger partial charge in [0.25, 0.3) is 0 Å². The lowest BCUT2D eigenvalue weighted by Crippen LogP contribution is -2.54. The first kappa shape index (κ1) is 26.6. The Kier molecular flexibility index (Phi) is 7.17. The van der Waals surface area contributed by atoms with Gasteiger partial charge in [-0.05, 0) is 82.0 Å². The minimum atomic E-state index is -0.777. The van der Waals surface area contributed by atoms with Crippen LogP contribution in [0.15, 0.2) is 42.5 Å². The van der Waals surface area contributed by atoms with Crippen molar-refractivity contribution in [3.05, 3.63) is 53.6 Å². The average molecular weight is 538 g/mol. The first-order valence-corrected chi connectivity index (χ1v) is 14.1. The van der Waals surface area contributed by atoms with Crippen LogP contribution in [0.3, 0.4) is 0 Å². The van der Waals surface area contributed by atoms with Gasteiger partial charge in [0, 0.05) is 16.6 Å². The number of thioether (sulfide) groups is 1. The third kappa shape index (κ3) is 4.35. The Morgan fingerprint density at radius 2 is 1.89 bits per heavy atom. The lowest BCUT2D eigenvalue weighted by Gasteiger charge is -2.36. The molecule has 38 heavy (non-hydrogen) atoms. The zero-order chi connectivity index (χ0) is 27.2. The number of nitrogens with zero attached hydrogens (tertiary/aromatic N) is 1. The number of aliphatic hydroxyl groups excluding tert-OH is 1. The predicted octanol–water partition coefficient (Wildman–Crippen LogP) is 3.75. The Morgan fingerprint density at radius 1 is 1.16 bits per heavy atom. The summed E-state index contributed by atoms with van der Waals surface area (Å²) in [6, 6.07) is 11.7. The summed E-state index contributed by atoms with van der Waals surface area (Å²) in [5.41, 5.74) is 3.30. The number of rotatable bonds is 8. The number of fused-ring (bicyclic) bond motifs is 1. The van der Waals surface area contributed by atoms with E-state index in [-0.39, 0.29) is 29.6 Å². The summed E-state index contributed by atoms with van der Waals surface area (Å²) in [5, 5.41) is 16.0. The largest absolute Gasteiger partial charge is 0.494 e. The van der Waals surface area contributed by atoms with Gasteiger partial charge in [0.1, 0.15) is 11.8 Å². The molecule has 3 heterocycles. The van der Waals surface area contributed by atoms with Gasteiger partial charge < -0.3 is 25.4 Å². The topological polar surface area (TPSA) is 108 Å². The van der Waals surface area contributed by atoms with Crippen LogP contribution in [0, 0.1) is 25.7 Å². The van der Waals surface area contributed by atoms with Crippen molar-refractivity contribution in [3.8, 4) is 5.75 Å². The first-order chi connectivity index (χ1) is 18.2. The van der Waals surface area contributed by atoms with Crippen molar-refractivity contribution in [2.24, 2.45) is 11.8 Å². The Labute approximate surface area is 227 Å². The highest BCUT2D eigenvalue weighted by Crippen LogP contribution is 2.66. The molecule has 2 aromatic carbocycles. The van der Waals surface area contributed by atoms with Gasteiger partial charge in [0.05, 0.1) is 35.8 Å². The van der Waals surface area contributed by atoms with Crippen molar-refractivity contribution >= 4 is 40.9 Å². The number of ether oxygens (including phenoxy) is 1. The average Bonchev–Trinajstić information content (AvgIpc) is 3.54. The normalized spacial score (nSPS) is 28.2. The molecule has 2 bridgehead atoms. The van der Waals surface area contributed by atoms with Crippen molar-refractivity contribution in [1.82, 2.24) is 4.90 Å². The third-order valence-corrected chi connectivity index (χ3v) is 10.1. The number of carbonyl (C=O) groups excluding carboxylic acids is 3. The molecule has 3 N–H and O–H groups in total. The summed E-state index contributed by atoms with van der Waals surface area (Å²) in [7, 11) is 0. The highest BCUT2D eigenvalue weighted by atomic mass is 32.2. The summed E-state index contributed by atoms with van der Waals surface area (Å²) in [6.45, 7) is 7.85. The number of hydrogen-bond acceptors (Lipinski definition) is 6. The summed E-state index contributed by atoms with van der Waals surface area (Å²) in [5.74, 6) is -1.17. The zero-order valence-electron chi connectivity index (χ0n) is 22.2. The molecule has 0 radical (unpaired) electrons. The van der Waals surface area contributed by atoms with Crippen LogP contribution in [0.4, 0.5) is 11.4 Å². The molecule has 3 saturated heterocycles. The van der Waals surface area contributed by atoms with E-state index in [0.29, 0.717) is 24.4 Å². The number of aryl methyl sites for hydroxylation is 2. The summed E-state index contributed by atoms with van der Waals surface area (Å²) in [4.78, 5) is 43.0. The fourth-order valence-electron chi connectivity index (χ4n) is 6.35. The van der Waals surface area contributed by atoms with Crippen molar-refractivity contribution in [2.75, 3.05) is 23.8 Å². The lowest BCUT2D eigenvalue weighted by molar-refractivity contribution is -0.140. The van der Waals surface area contributed by atoms with E-state index in [4.69, 9.17) is 4.74 Å². The number of nitrogens with one attached hydrogen (secondary N) is 2. The van der Waals surface area contributed by atoms with Crippen LogP contribution in [0.25, 0.3) is 0 Å². The van der Waals surface area contributed by atoms with E-state index in [1.807, 2.05) is 39.0 Å². The van der Waals surface area contributed by atoms with Gasteiger partial charge in [0.15, 0.2) is 0 Å². The monoisotopic (exact) mass is 537 g/mol. The van der Waals surface area contributed by atoms with Gasteiger partial charge >= 0.3 is 0 Å². The minimum Gasteiger partial charge on any atom is -0.494 e. The number of anilines is 2.